The standard InChI is InChI=1S/C7H13IO2/c1-3-4-10-7(9)5-6(2)8/h6H,3-5H2,1-2H3. The van der Waals surface area contributed by atoms with Gasteiger partial charge in [-0.1, -0.05) is 36.4 Å². The van der Waals surface area contributed by atoms with Gasteiger partial charge in [0.2, 0.25) is 0 Å². The third kappa shape index (κ3) is 6.32. The lowest BCUT2D eigenvalue weighted by molar-refractivity contribution is -0.143. The SMILES string of the molecule is CCCOC(=O)CC(C)I. The Bertz CT molecular complexity index is 102. The zero-order chi connectivity index (χ0) is 7.98. The van der Waals surface area contributed by atoms with Gasteiger partial charge in [0.05, 0.1) is 13.0 Å². The normalized spacial score (nSPS) is 12.7. The number of alkyl halides is 1. The van der Waals surface area contributed by atoms with Gasteiger partial charge in [0.15, 0.2) is 0 Å². The highest BCUT2D eigenvalue weighted by atomic mass is 127. The van der Waals surface area contributed by atoms with Crippen molar-refractivity contribution >= 4 is 28.6 Å². The molecule has 0 fully saturated rings. The first-order valence-electron chi connectivity index (χ1n) is 3.46. The molecule has 60 valence electrons. The van der Waals surface area contributed by atoms with Crippen molar-refractivity contribution in [3.05, 3.63) is 0 Å². The van der Waals surface area contributed by atoms with Gasteiger partial charge in [-0.3, -0.25) is 4.79 Å². The Morgan fingerprint density at radius 2 is 2.30 bits per heavy atom. The highest BCUT2D eigenvalue weighted by Gasteiger charge is 2.05. The molecule has 0 spiro atoms. The van der Waals surface area contributed by atoms with Crippen LogP contribution in [-0.4, -0.2) is 16.5 Å². The van der Waals surface area contributed by atoms with Crippen LogP contribution in [0.3, 0.4) is 0 Å². The first kappa shape index (κ1) is 10.2. The predicted octanol–water partition coefficient (Wildman–Crippen LogP) is 2.15. The van der Waals surface area contributed by atoms with Crippen molar-refractivity contribution < 1.29 is 9.53 Å². The quantitative estimate of drug-likeness (QED) is 0.437. The van der Waals surface area contributed by atoms with Crippen LogP contribution in [-0.2, 0) is 9.53 Å². The Kier molecular flexibility index (Phi) is 6.06. The number of carbonyl (C=O) groups is 1. The first-order valence-corrected chi connectivity index (χ1v) is 4.71. The van der Waals surface area contributed by atoms with Crippen LogP contribution in [0.2, 0.25) is 0 Å². The monoisotopic (exact) mass is 256 g/mol. The van der Waals surface area contributed by atoms with Crippen LogP contribution in [0.5, 0.6) is 0 Å². The highest BCUT2D eigenvalue weighted by molar-refractivity contribution is 14.1. The van der Waals surface area contributed by atoms with Crippen molar-refractivity contribution in [2.75, 3.05) is 6.61 Å². The van der Waals surface area contributed by atoms with E-state index in [0.29, 0.717) is 17.0 Å². The molecule has 0 amide bonds. The average Bonchev–Trinajstić information content (AvgIpc) is 1.82. The third-order valence-corrected chi connectivity index (χ3v) is 1.36. The Morgan fingerprint density at radius 1 is 1.70 bits per heavy atom. The minimum Gasteiger partial charge on any atom is -0.466 e. The number of carbonyl (C=O) groups excluding carboxylic acids is 1. The van der Waals surface area contributed by atoms with E-state index in [2.05, 4.69) is 22.6 Å². The Morgan fingerprint density at radius 3 is 2.70 bits per heavy atom. The minimum absolute atomic E-state index is 0.0799. The number of ether oxygens (including phenoxy) is 1. The zero-order valence-electron chi connectivity index (χ0n) is 6.39. The summed E-state index contributed by atoms with van der Waals surface area (Å²) >= 11 is 2.21. The number of hydrogen-bond acceptors (Lipinski definition) is 2. The van der Waals surface area contributed by atoms with E-state index >= 15 is 0 Å². The first-order chi connectivity index (χ1) is 4.66. The van der Waals surface area contributed by atoms with E-state index in [0.717, 1.165) is 6.42 Å². The maximum atomic E-state index is 10.8. The lowest BCUT2D eigenvalue weighted by atomic mass is 10.3. The van der Waals surface area contributed by atoms with E-state index in [1.807, 2.05) is 13.8 Å². The van der Waals surface area contributed by atoms with Crippen LogP contribution in [0.1, 0.15) is 26.7 Å². The number of rotatable bonds is 4. The Balaban J connectivity index is 3.26. The number of esters is 1. The zero-order valence-corrected chi connectivity index (χ0v) is 8.55. The molecule has 0 radical (unpaired) electrons. The molecule has 1 atom stereocenters. The molecular formula is C7H13IO2. The summed E-state index contributed by atoms with van der Waals surface area (Å²) in [5.74, 6) is -0.0799. The van der Waals surface area contributed by atoms with Crippen molar-refractivity contribution in [1.29, 1.82) is 0 Å². The van der Waals surface area contributed by atoms with E-state index in [9.17, 15) is 4.79 Å². The van der Waals surface area contributed by atoms with E-state index in [1.54, 1.807) is 0 Å². The van der Waals surface area contributed by atoms with Crippen LogP contribution in [0, 0.1) is 0 Å². The van der Waals surface area contributed by atoms with Gasteiger partial charge in [-0.15, -0.1) is 0 Å². The third-order valence-electron chi connectivity index (χ3n) is 0.915. The van der Waals surface area contributed by atoms with Gasteiger partial charge in [0.1, 0.15) is 0 Å². The van der Waals surface area contributed by atoms with Crippen molar-refractivity contribution in [3.8, 4) is 0 Å². The molecule has 0 aromatic rings. The largest absolute Gasteiger partial charge is 0.466 e. The molecule has 0 bridgehead atoms. The molecule has 0 aliphatic rings. The summed E-state index contributed by atoms with van der Waals surface area (Å²) in [7, 11) is 0. The molecule has 3 heteroatoms. The molecule has 0 aromatic carbocycles. The summed E-state index contributed by atoms with van der Waals surface area (Å²) in [4.78, 5) is 10.8. The van der Waals surface area contributed by atoms with Crippen molar-refractivity contribution in [2.45, 2.75) is 30.6 Å². The fraction of sp³-hybridized carbons (Fsp3) is 0.857. The van der Waals surface area contributed by atoms with Gasteiger partial charge < -0.3 is 4.74 Å². The van der Waals surface area contributed by atoms with Gasteiger partial charge in [-0.2, -0.15) is 0 Å². The smallest absolute Gasteiger partial charge is 0.306 e. The molecule has 1 unspecified atom stereocenters. The molecule has 0 heterocycles. The topological polar surface area (TPSA) is 26.3 Å². The van der Waals surface area contributed by atoms with Crippen LogP contribution in [0.4, 0.5) is 0 Å². The van der Waals surface area contributed by atoms with Gasteiger partial charge >= 0.3 is 5.97 Å². The van der Waals surface area contributed by atoms with E-state index in [4.69, 9.17) is 4.74 Å². The second-order valence-corrected chi connectivity index (χ2v) is 4.33. The van der Waals surface area contributed by atoms with E-state index in [-0.39, 0.29) is 5.97 Å². The summed E-state index contributed by atoms with van der Waals surface area (Å²) in [6.07, 6.45) is 1.43. The van der Waals surface area contributed by atoms with Crippen molar-refractivity contribution in [3.63, 3.8) is 0 Å². The van der Waals surface area contributed by atoms with Gasteiger partial charge in [-0.05, 0) is 6.42 Å². The van der Waals surface area contributed by atoms with E-state index < -0.39 is 0 Å². The minimum atomic E-state index is -0.0799. The lowest BCUT2D eigenvalue weighted by Crippen LogP contribution is -2.09. The number of hydrogen-bond donors (Lipinski definition) is 0. The second-order valence-electron chi connectivity index (χ2n) is 2.21. The van der Waals surface area contributed by atoms with E-state index in [1.165, 1.54) is 0 Å². The average molecular weight is 256 g/mol. The second kappa shape index (κ2) is 5.95. The fourth-order valence-electron chi connectivity index (χ4n) is 0.504. The molecule has 0 aromatic heterocycles. The fourth-order valence-corrected chi connectivity index (χ4v) is 0.864. The molecule has 0 aliphatic heterocycles. The molecule has 0 aliphatic carbocycles. The molecule has 0 saturated heterocycles. The molecule has 2 nitrogen and oxygen atoms in total. The summed E-state index contributed by atoms with van der Waals surface area (Å²) in [5.41, 5.74) is 0. The van der Waals surface area contributed by atoms with Crippen molar-refractivity contribution in [2.24, 2.45) is 0 Å². The molecule has 0 saturated carbocycles. The molecule has 10 heavy (non-hydrogen) atoms. The number of halogens is 1. The summed E-state index contributed by atoms with van der Waals surface area (Å²) < 4.78 is 5.24. The van der Waals surface area contributed by atoms with Gasteiger partial charge in [-0.25, -0.2) is 0 Å². The van der Waals surface area contributed by atoms with Crippen molar-refractivity contribution in [1.82, 2.24) is 0 Å². The van der Waals surface area contributed by atoms with Crippen LogP contribution < -0.4 is 0 Å². The summed E-state index contributed by atoms with van der Waals surface area (Å²) in [6, 6.07) is 0. The predicted molar refractivity (Wildman–Crippen MR) is 49.3 cm³/mol. The summed E-state index contributed by atoms with van der Waals surface area (Å²) in [5, 5.41) is 0. The Labute approximate surface area is 75.5 Å². The maximum Gasteiger partial charge on any atom is 0.306 e. The molecule has 0 N–H and O–H groups in total. The highest BCUT2D eigenvalue weighted by Crippen LogP contribution is 2.04. The van der Waals surface area contributed by atoms with Gasteiger partial charge in [0.25, 0.3) is 0 Å². The lowest BCUT2D eigenvalue weighted by Gasteiger charge is -2.03. The Hall–Kier alpha value is 0.200. The molecular weight excluding hydrogens is 243 g/mol. The van der Waals surface area contributed by atoms with Crippen LogP contribution >= 0.6 is 22.6 Å². The van der Waals surface area contributed by atoms with Crippen LogP contribution in [0.15, 0.2) is 0 Å². The van der Waals surface area contributed by atoms with Crippen LogP contribution in [0.25, 0.3) is 0 Å². The molecule has 0 rings (SSSR count). The summed E-state index contributed by atoms with van der Waals surface area (Å²) in [6.45, 7) is 4.54. The maximum absolute atomic E-state index is 10.8. The van der Waals surface area contributed by atoms with Gasteiger partial charge in [0, 0.05) is 3.92 Å².